The molecule has 0 atom stereocenters. The van der Waals surface area contributed by atoms with Gasteiger partial charge in [0.15, 0.2) is 0 Å². The third-order valence-electron chi connectivity index (χ3n) is 4.41. The Kier molecular flexibility index (Phi) is 5.64. The molecular weight excluding hydrogens is 322 g/mol. The average Bonchev–Trinajstić information content (AvgIpc) is 2.62. The van der Waals surface area contributed by atoms with Crippen molar-refractivity contribution in [1.82, 2.24) is 15.2 Å². The molecule has 0 aliphatic carbocycles. The number of aryl methyl sites for hydroxylation is 2. The normalized spacial score (nSPS) is 11.1. The highest BCUT2D eigenvalue weighted by Crippen LogP contribution is 2.20. The first-order valence-electron chi connectivity index (χ1n) is 8.91. The van der Waals surface area contributed by atoms with Gasteiger partial charge in [0, 0.05) is 30.7 Å². The molecule has 0 radical (unpaired) electrons. The molecule has 4 nitrogen and oxygen atoms in total. The summed E-state index contributed by atoms with van der Waals surface area (Å²) in [7, 11) is 2.06. The number of likely N-dealkylation sites (N-methyl/N-ethyl adjacent to an activating group) is 1. The number of carbonyl (C=O) groups excluding carboxylic acids is 1. The third-order valence-corrected chi connectivity index (χ3v) is 4.41. The Morgan fingerprint density at radius 3 is 2.62 bits per heavy atom. The van der Waals surface area contributed by atoms with Crippen LogP contribution in [0.2, 0.25) is 0 Å². The van der Waals surface area contributed by atoms with Crippen molar-refractivity contribution in [2.45, 2.75) is 20.4 Å². The second-order valence-corrected chi connectivity index (χ2v) is 6.81. The predicted octanol–water partition coefficient (Wildman–Crippen LogP) is 3.71. The van der Waals surface area contributed by atoms with Gasteiger partial charge < -0.3 is 10.2 Å². The fourth-order valence-corrected chi connectivity index (χ4v) is 3.09. The van der Waals surface area contributed by atoms with Crippen molar-refractivity contribution in [2.75, 3.05) is 20.1 Å². The SMILES string of the molecule is Cc1ccc2nc(C)cc(C(=O)NCCN(C)Cc3ccccc3)c2c1. The van der Waals surface area contributed by atoms with Gasteiger partial charge >= 0.3 is 0 Å². The molecule has 1 amide bonds. The van der Waals surface area contributed by atoms with E-state index in [9.17, 15) is 4.79 Å². The number of aromatic nitrogens is 1. The van der Waals surface area contributed by atoms with Crippen molar-refractivity contribution < 1.29 is 4.79 Å². The molecule has 4 heteroatoms. The number of rotatable bonds is 6. The number of hydrogen-bond donors (Lipinski definition) is 1. The van der Waals surface area contributed by atoms with Crippen LogP contribution in [-0.2, 0) is 6.54 Å². The van der Waals surface area contributed by atoms with Gasteiger partial charge in [-0.2, -0.15) is 0 Å². The van der Waals surface area contributed by atoms with Gasteiger partial charge in [-0.25, -0.2) is 0 Å². The van der Waals surface area contributed by atoms with E-state index in [0.29, 0.717) is 12.1 Å². The second-order valence-electron chi connectivity index (χ2n) is 6.81. The van der Waals surface area contributed by atoms with Gasteiger partial charge in [0.05, 0.1) is 11.1 Å². The topological polar surface area (TPSA) is 45.2 Å². The van der Waals surface area contributed by atoms with Gasteiger partial charge in [-0.05, 0) is 44.7 Å². The van der Waals surface area contributed by atoms with E-state index < -0.39 is 0 Å². The van der Waals surface area contributed by atoms with Gasteiger partial charge in [-0.1, -0.05) is 42.0 Å². The van der Waals surface area contributed by atoms with E-state index in [4.69, 9.17) is 0 Å². The van der Waals surface area contributed by atoms with Crippen LogP contribution in [0.3, 0.4) is 0 Å². The lowest BCUT2D eigenvalue weighted by molar-refractivity contribution is 0.0951. The number of amides is 1. The van der Waals surface area contributed by atoms with Crippen LogP contribution < -0.4 is 5.32 Å². The molecule has 0 spiro atoms. The van der Waals surface area contributed by atoms with Crippen molar-refractivity contribution in [2.24, 2.45) is 0 Å². The highest BCUT2D eigenvalue weighted by atomic mass is 16.1. The van der Waals surface area contributed by atoms with Crippen LogP contribution in [0.15, 0.2) is 54.6 Å². The Bertz CT molecular complexity index is 906. The zero-order valence-corrected chi connectivity index (χ0v) is 15.6. The minimum Gasteiger partial charge on any atom is -0.351 e. The van der Waals surface area contributed by atoms with Crippen LogP contribution in [0.1, 0.15) is 27.2 Å². The van der Waals surface area contributed by atoms with E-state index in [1.807, 2.05) is 56.3 Å². The maximum atomic E-state index is 12.7. The molecule has 2 aromatic carbocycles. The number of benzene rings is 2. The van der Waals surface area contributed by atoms with E-state index in [2.05, 4.69) is 34.4 Å². The summed E-state index contributed by atoms with van der Waals surface area (Å²) in [5, 5.41) is 3.95. The van der Waals surface area contributed by atoms with Crippen LogP contribution in [-0.4, -0.2) is 35.9 Å². The maximum absolute atomic E-state index is 12.7. The van der Waals surface area contributed by atoms with Crippen molar-refractivity contribution in [3.8, 4) is 0 Å². The van der Waals surface area contributed by atoms with Gasteiger partial charge in [0.1, 0.15) is 0 Å². The van der Waals surface area contributed by atoms with Gasteiger partial charge in [0.2, 0.25) is 0 Å². The highest BCUT2D eigenvalue weighted by Gasteiger charge is 2.12. The molecule has 3 aromatic rings. The molecule has 134 valence electrons. The molecule has 0 aliphatic heterocycles. The molecule has 1 N–H and O–H groups in total. The lowest BCUT2D eigenvalue weighted by atomic mass is 10.0. The van der Waals surface area contributed by atoms with E-state index in [0.717, 1.165) is 35.2 Å². The monoisotopic (exact) mass is 347 g/mol. The lowest BCUT2D eigenvalue weighted by Crippen LogP contribution is -2.33. The largest absolute Gasteiger partial charge is 0.351 e. The molecule has 0 aliphatic rings. The Morgan fingerprint density at radius 1 is 1.08 bits per heavy atom. The summed E-state index contributed by atoms with van der Waals surface area (Å²) in [6.45, 7) is 6.22. The second kappa shape index (κ2) is 8.11. The summed E-state index contributed by atoms with van der Waals surface area (Å²) in [6.07, 6.45) is 0. The average molecular weight is 347 g/mol. The smallest absolute Gasteiger partial charge is 0.252 e. The zero-order chi connectivity index (χ0) is 18.5. The molecule has 0 unspecified atom stereocenters. The van der Waals surface area contributed by atoms with Crippen molar-refractivity contribution in [3.05, 3.63) is 77.0 Å². The van der Waals surface area contributed by atoms with Crippen LogP contribution >= 0.6 is 0 Å². The van der Waals surface area contributed by atoms with Gasteiger partial charge in [-0.15, -0.1) is 0 Å². The Morgan fingerprint density at radius 2 is 1.85 bits per heavy atom. The lowest BCUT2D eigenvalue weighted by Gasteiger charge is -2.17. The molecule has 0 saturated carbocycles. The van der Waals surface area contributed by atoms with E-state index in [1.165, 1.54) is 5.56 Å². The molecular formula is C22H25N3O. The third kappa shape index (κ3) is 4.46. The molecule has 0 fully saturated rings. The summed E-state index contributed by atoms with van der Waals surface area (Å²) in [6, 6.07) is 18.2. The zero-order valence-electron chi connectivity index (χ0n) is 15.6. The molecule has 1 heterocycles. The molecule has 26 heavy (non-hydrogen) atoms. The Labute approximate surface area is 154 Å². The summed E-state index contributed by atoms with van der Waals surface area (Å²) < 4.78 is 0. The van der Waals surface area contributed by atoms with E-state index in [1.54, 1.807) is 0 Å². The summed E-state index contributed by atoms with van der Waals surface area (Å²) in [5.74, 6) is -0.0424. The first kappa shape index (κ1) is 18.1. The minimum atomic E-state index is -0.0424. The van der Waals surface area contributed by atoms with Gasteiger partial charge in [-0.3, -0.25) is 9.78 Å². The number of fused-ring (bicyclic) bond motifs is 1. The number of carbonyl (C=O) groups is 1. The van der Waals surface area contributed by atoms with Crippen LogP contribution in [0.5, 0.6) is 0 Å². The highest BCUT2D eigenvalue weighted by molar-refractivity contribution is 6.06. The van der Waals surface area contributed by atoms with Crippen LogP contribution in [0.25, 0.3) is 10.9 Å². The Hall–Kier alpha value is -2.72. The van der Waals surface area contributed by atoms with Crippen molar-refractivity contribution >= 4 is 16.8 Å². The number of nitrogens with one attached hydrogen (secondary N) is 1. The quantitative estimate of drug-likeness (QED) is 0.739. The van der Waals surface area contributed by atoms with Crippen molar-refractivity contribution in [1.29, 1.82) is 0 Å². The first-order chi connectivity index (χ1) is 12.5. The molecule has 1 aromatic heterocycles. The van der Waals surface area contributed by atoms with Crippen LogP contribution in [0, 0.1) is 13.8 Å². The Balaban J connectivity index is 1.63. The number of pyridine rings is 1. The van der Waals surface area contributed by atoms with E-state index >= 15 is 0 Å². The standard InChI is InChI=1S/C22H25N3O/c1-16-9-10-21-19(13-16)20(14-17(2)24-21)22(26)23-11-12-25(3)15-18-7-5-4-6-8-18/h4-10,13-14H,11-12,15H2,1-3H3,(H,23,26). The van der Waals surface area contributed by atoms with Crippen molar-refractivity contribution in [3.63, 3.8) is 0 Å². The maximum Gasteiger partial charge on any atom is 0.252 e. The summed E-state index contributed by atoms with van der Waals surface area (Å²) in [5.41, 5.74) is 4.81. The molecule has 0 bridgehead atoms. The number of hydrogen-bond acceptors (Lipinski definition) is 3. The molecule has 0 saturated heterocycles. The van der Waals surface area contributed by atoms with E-state index in [-0.39, 0.29) is 5.91 Å². The fourth-order valence-electron chi connectivity index (χ4n) is 3.09. The first-order valence-corrected chi connectivity index (χ1v) is 8.91. The fraction of sp³-hybridized carbons (Fsp3) is 0.273. The molecule has 3 rings (SSSR count). The number of nitrogens with zero attached hydrogens (tertiary/aromatic N) is 2. The summed E-state index contributed by atoms with van der Waals surface area (Å²) in [4.78, 5) is 19.4. The minimum absolute atomic E-state index is 0.0424. The summed E-state index contributed by atoms with van der Waals surface area (Å²) >= 11 is 0. The van der Waals surface area contributed by atoms with Crippen LogP contribution in [0.4, 0.5) is 0 Å². The predicted molar refractivity (Wildman–Crippen MR) is 106 cm³/mol. The van der Waals surface area contributed by atoms with Gasteiger partial charge in [0.25, 0.3) is 5.91 Å².